The second kappa shape index (κ2) is 4.71. The van der Waals surface area contributed by atoms with Crippen LogP contribution in [0.4, 0.5) is 0 Å². The van der Waals surface area contributed by atoms with E-state index in [-0.39, 0.29) is 4.90 Å². The van der Waals surface area contributed by atoms with Gasteiger partial charge in [-0.15, -0.1) is 0 Å². The molecule has 18 heavy (non-hydrogen) atoms. The van der Waals surface area contributed by atoms with E-state index in [4.69, 9.17) is 5.26 Å². The molecule has 2 unspecified atom stereocenters. The molecule has 1 N–H and O–H groups in total. The van der Waals surface area contributed by atoms with E-state index >= 15 is 0 Å². The molecule has 0 aliphatic heterocycles. The lowest BCUT2D eigenvalue weighted by molar-refractivity contribution is 0.574. The highest BCUT2D eigenvalue weighted by molar-refractivity contribution is 7.89. The van der Waals surface area contributed by atoms with Crippen molar-refractivity contribution in [2.45, 2.75) is 25.2 Å². The number of sulfonamides is 1. The Morgan fingerprint density at radius 2 is 2.17 bits per heavy atom. The van der Waals surface area contributed by atoms with E-state index in [1.807, 2.05) is 6.07 Å². The zero-order valence-corrected chi connectivity index (χ0v) is 11.3. The Hall–Kier alpha value is -1.38. The van der Waals surface area contributed by atoms with Crippen molar-refractivity contribution in [3.05, 3.63) is 29.3 Å². The molecule has 1 aromatic carbocycles. The number of aryl methyl sites for hydroxylation is 1. The van der Waals surface area contributed by atoms with Crippen molar-refractivity contribution in [2.24, 2.45) is 11.8 Å². The van der Waals surface area contributed by atoms with Gasteiger partial charge in [0.05, 0.1) is 16.5 Å². The molecule has 2 rings (SSSR count). The van der Waals surface area contributed by atoms with Crippen LogP contribution in [0, 0.1) is 30.1 Å². The van der Waals surface area contributed by atoms with E-state index in [2.05, 4.69) is 11.6 Å². The smallest absolute Gasteiger partial charge is 0.211 e. The Labute approximate surface area is 108 Å². The monoisotopic (exact) mass is 264 g/mol. The minimum Gasteiger partial charge on any atom is -0.211 e. The number of hydrogen-bond donors (Lipinski definition) is 1. The number of hydrogen-bond acceptors (Lipinski definition) is 3. The van der Waals surface area contributed by atoms with Gasteiger partial charge >= 0.3 is 0 Å². The van der Waals surface area contributed by atoms with Crippen LogP contribution in [0.3, 0.4) is 0 Å². The molecule has 0 amide bonds. The maximum atomic E-state index is 12.1. The Balaban J connectivity index is 2.21. The third-order valence-electron chi connectivity index (χ3n) is 3.42. The molecule has 1 saturated carbocycles. The Bertz CT molecular complexity index is 602. The van der Waals surface area contributed by atoms with Gasteiger partial charge < -0.3 is 0 Å². The summed E-state index contributed by atoms with van der Waals surface area (Å²) < 4.78 is 26.9. The molecule has 2 atom stereocenters. The molecular formula is C13H16N2O2S. The summed E-state index contributed by atoms with van der Waals surface area (Å²) in [5.74, 6) is 1.07. The average Bonchev–Trinajstić information content (AvgIpc) is 3.03. The molecule has 1 aliphatic carbocycles. The second-order valence-electron chi connectivity index (χ2n) is 4.92. The zero-order chi connectivity index (χ0) is 13.3. The molecule has 4 nitrogen and oxygen atoms in total. The molecular weight excluding hydrogens is 248 g/mol. The van der Waals surface area contributed by atoms with E-state index in [1.54, 1.807) is 19.1 Å². The summed E-state index contributed by atoms with van der Waals surface area (Å²) in [6, 6.07) is 6.67. The largest absolute Gasteiger partial charge is 0.240 e. The first-order valence-electron chi connectivity index (χ1n) is 5.94. The fraction of sp³-hybridized carbons (Fsp3) is 0.462. The summed E-state index contributed by atoms with van der Waals surface area (Å²) >= 11 is 0. The third-order valence-corrected chi connectivity index (χ3v) is 4.98. The van der Waals surface area contributed by atoms with Gasteiger partial charge in [-0.1, -0.05) is 13.0 Å². The molecule has 1 fully saturated rings. The van der Waals surface area contributed by atoms with Gasteiger partial charge in [0.15, 0.2) is 0 Å². The van der Waals surface area contributed by atoms with E-state index in [0.29, 0.717) is 29.5 Å². The van der Waals surface area contributed by atoms with E-state index in [1.165, 1.54) is 6.07 Å². The van der Waals surface area contributed by atoms with Crippen LogP contribution in [0.2, 0.25) is 0 Å². The average molecular weight is 264 g/mol. The summed E-state index contributed by atoms with van der Waals surface area (Å²) in [4.78, 5) is 0.204. The predicted octanol–water partition coefficient (Wildman–Crippen LogP) is 1.80. The van der Waals surface area contributed by atoms with Crippen LogP contribution >= 0.6 is 0 Å². The van der Waals surface area contributed by atoms with Gasteiger partial charge in [-0.25, -0.2) is 13.1 Å². The number of nitrogens with one attached hydrogen (secondary N) is 1. The molecule has 1 aromatic rings. The highest BCUT2D eigenvalue weighted by Gasteiger charge is 2.33. The molecule has 0 radical (unpaired) electrons. The highest BCUT2D eigenvalue weighted by atomic mass is 32.2. The van der Waals surface area contributed by atoms with Crippen LogP contribution in [0.15, 0.2) is 23.1 Å². The van der Waals surface area contributed by atoms with Crippen molar-refractivity contribution < 1.29 is 8.42 Å². The van der Waals surface area contributed by atoms with E-state index < -0.39 is 10.0 Å². The molecule has 1 aliphatic rings. The van der Waals surface area contributed by atoms with Crippen LogP contribution in [0.25, 0.3) is 0 Å². The number of nitriles is 1. The van der Waals surface area contributed by atoms with E-state index in [9.17, 15) is 8.42 Å². The topological polar surface area (TPSA) is 70.0 Å². The fourth-order valence-electron chi connectivity index (χ4n) is 1.94. The van der Waals surface area contributed by atoms with Gasteiger partial charge in [0.2, 0.25) is 10.0 Å². The predicted molar refractivity (Wildman–Crippen MR) is 68.4 cm³/mol. The molecule has 0 spiro atoms. The van der Waals surface area contributed by atoms with Crippen LogP contribution in [-0.4, -0.2) is 15.0 Å². The quantitative estimate of drug-likeness (QED) is 0.901. The maximum absolute atomic E-state index is 12.1. The van der Waals surface area contributed by atoms with Gasteiger partial charge in [0, 0.05) is 6.54 Å². The van der Waals surface area contributed by atoms with Gasteiger partial charge in [-0.3, -0.25) is 0 Å². The lowest BCUT2D eigenvalue weighted by Gasteiger charge is -2.09. The summed E-state index contributed by atoms with van der Waals surface area (Å²) in [6.45, 7) is 4.33. The lowest BCUT2D eigenvalue weighted by Crippen LogP contribution is -2.26. The lowest BCUT2D eigenvalue weighted by atomic mass is 10.2. The first-order chi connectivity index (χ1) is 8.44. The Kier molecular flexibility index (Phi) is 3.42. The van der Waals surface area contributed by atoms with Crippen LogP contribution in [0.5, 0.6) is 0 Å². The molecule has 0 bridgehead atoms. The summed E-state index contributed by atoms with van der Waals surface area (Å²) in [5, 5.41) is 8.82. The molecule has 96 valence electrons. The standard InChI is InChI=1S/C13H16N2O2S/c1-9-3-4-11(7-14)6-13(9)18(16,17)15-8-12-5-10(12)2/h3-4,6,10,12,15H,5,8H2,1-2H3. The van der Waals surface area contributed by atoms with Gasteiger partial charge in [0.1, 0.15) is 0 Å². The Morgan fingerprint density at radius 1 is 1.50 bits per heavy atom. The minimum atomic E-state index is -3.50. The van der Waals surface area contributed by atoms with Crippen LogP contribution in [-0.2, 0) is 10.0 Å². The number of nitrogens with zero attached hydrogens (tertiary/aromatic N) is 1. The Morgan fingerprint density at radius 3 is 2.72 bits per heavy atom. The van der Waals surface area contributed by atoms with Crippen molar-refractivity contribution in [2.75, 3.05) is 6.54 Å². The first-order valence-corrected chi connectivity index (χ1v) is 7.43. The normalized spacial score (nSPS) is 22.5. The number of rotatable bonds is 4. The number of benzene rings is 1. The molecule has 0 saturated heterocycles. The SMILES string of the molecule is Cc1ccc(C#N)cc1S(=O)(=O)NCC1CC1C. The van der Waals surface area contributed by atoms with Crippen molar-refractivity contribution in [1.29, 1.82) is 5.26 Å². The van der Waals surface area contributed by atoms with Crippen molar-refractivity contribution in [3.63, 3.8) is 0 Å². The molecule has 0 heterocycles. The summed E-state index contributed by atoms with van der Waals surface area (Å²) in [6.07, 6.45) is 1.08. The minimum absolute atomic E-state index is 0.204. The molecule has 5 heteroatoms. The van der Waals surface area contributed by atoms with Crippen LogP contribution in [0.1, 0.15) is 24.5 Å². The van der Waals surface area contributed by atoms with Gasteiger partial charge in [-0.05, 0) is 42.9 Å². The van der Waals surface area contributed by atoms with Crippen LogP contribution < -0.4 is 4.72 Å². The van der Waals surface area contributed by atoms with Gasteiger partial charge in [0.25, 0.3) is 0 Å². The third kappa shape index (κ3) is 2.71. The highest BCUT2D eigenvalue weighted by Crippen LogP contribution is 2.37. The van der Waals surface area contributed by atoms with Crippen molar-refractivity contribution >= 4 is 10.0 Å². The zero-order valence-electron chi connectivity index (χ0n) is 10.5. The fourth-order valence-corrected chi connectivity index (χ4v) is 3.30. The van der Waals surface area contributed by atoms with Crippen molar-refractivity contribution in [1.82, 2.24) is 4.72 Å². The summed E-state index contributed by atoms with van der Waals surface area (Å²) in [5.41, 5.74) is 1.02. The van der Waals surface area contributed by atoms with Gasteiger partial charge in [-0.2, -0.15) is 5.26 Å². The second-order valence-corrected chi connectivity index (χ2v) is 6.65. The first kappa shape index (κ1) is 13.1. The van der Waals surface area contributed by atoms with E-state index in [0.717, 1.165) is 6.42 Å². The summed E-state index contributed by atoms with van der Waals surface area (Å²) in [7, 11) is -3.50. The van der Waals surface area contributed by atoms with Crippen molar-refractivity contribution in [3.8, 4) is 6.07 Å². The maximum Gasteiger partial charge on any atom is 0.240 e. The molecule has 0 aromatic heterocycles.